The van der Waals surface area contributed by atoms with Crippen molar-refractivity contribution < 1.29 is 9.13 Å². The molecule has 6 heteroatoms. The van der Waals surface area contributed by atoms with Crippen LogP contribution in [-0.2, 0) is 0 Å². The van der Waals surface area contributed by atoms with E-state index in [1.54, 1.807) is 18.2 Å². The van der Waals surface area contributed by atoms with Crippen molar-refractivity contribution in [1.82, 2.24) is 4.98 Å². The molecule has 1 aromatic heterocycles. The molecule has 0 fully saturated rings. The number of halogens is 4. The van der Waals surface area contributed by atoms with Gasteiger partial charge in [0.25, 0.3) is 5.88 Å². The largest absolute Gasteiger partial charge is 0.435 e. The Morgan fingerprint density at radius 1 is 1.18 bits per heavy atom. The number of benzene rings is 1. The van der Waals surface area contributed by atoms with Crippen LogP contribution in [0, 0.1) is 5.82 Å². The van der Waals surface area contributed by atoms with Crippen LogP contribution in [0.1, 0.15) is 0 Å². The highest BCUT2D eigenvalue weighted by Crippen LogP contribution is 2.34. The molecule has 1 aromatic carbocycles. The van der Waals surface area contributed by atoms with Gasteiger partial charge in [0.2, 0.25) is 0 Å². The smallest absolute Gasteiger partial charge is 0.256 e. The van der Waals surface area contributed by atoms with Gasteiger partial charge in [0.05, 0.1) is 10.0 Å². The summed E-state index contributed by atoms with van der Waals surface area (Å²) in [7, 11) is 0. The Morgan fingerprint density at radius 3 is 2.65 bits per heavy atom. The van der Waals surface area contributed by atoms with Crippen LogP contribution in [-0.4, -0.2) is 4.98 Å². The predicted molar refractivity (Wildman–Crippen MR) is 65.7 cm³/mol. The number of pyridine rings is 1. The van der Waals surface area contributed by atoms with Crippen LogP contribution in [0.5, 0.6) is 11.6 Å². The molecule has 0 unspecified atom stereocenters. The van der Waals surface area contributed by atoms with Gasteiger partial charge in [0.1, 0.15) is 10.8 Å². The van der Waals surface area contributed by atoms with Crippen molar-refractivity contribution in [3.63, 3.8) is 0 Å². The summed E-state index contributed by atoms with van der Waals surface area (Å²) in [5.74, 6) is -0.653. The van der Waals surface area contributed by atoms with Crippen LogP contribution >= 0.6 is 34.8 Å². The molecule has 0 saturated carbocycles. The van der Waals surface area contributed by atoms with Crippen LogP contribution in [0.2, 0.25) is 15.1 Å². The third kappa shape index (κ3) is 2.80. The number of rotatable bonds is 2. The molecule has 0 atom stereocenters. The molecule has 0 aliphatic rings. The predicted octanol–water partition coefficient (Wildman–Crippen LogP) is 4.97. The molecule has 2 aromatic rings. The SMILES string of the molecule is Fc1cc(Cl)cnc1Oc1cccc(Cl)c1Cl. The van der Waals surface area contributed by atoms with Crippen molar-refractivity contribution in [3.8, 4) is 11.6 Å². The van der Waals surface area contributed by atoms with Gasteiger partial charge in [0.15, 0.2) is 5.82 Å². The van der Waals surface area contributed by atoms with E-state index in [4.69, 9.17) is 39.5 Å². The minimum atomic E-state index is -0.673. The zero-order chi connectivity index (χ0) is 12.4. The van der Waals surface area contributed by atoms with E-state index in [0.29, 0.717) is 5.02 Å². The second-order valence-electron chi connectivity index (χ2n) is 3.09. The molecule has 0 spiro atoms. The van der Waals surface area contributed by atoms with Gasteiger partial charge >= 0.3 is 0 Å². The summed E-state index contributed by atoms with van der Waals surface area (Å²) in [5, 5.41) is 0.705. The minimum absolute atomic E-state index is 0.187. The Hall–Kier alpha value is -1.03. The van der Waals surface area contributed by atoms with Gasteiger partial charge in [-0.2, -0.15) is 0 Å². The molecule has 0 aliphatic carbocycles. The molecule has 2 rings (SSSR count). The number of nitrogens with zero attached hydrogens (tertiary/aromatic N) is 1. The lowest BCUT2D eigenvalue weighted by Gasteiger charge is -2.08. The van der Waals surface area contributed by atoms with Gasteiger partial charge in [-0.3, -0.25) is 0 Å². The van der Waals surface area contributed by atoms with E-state index in [9.17, 15) is 4.39 Å². The molecule has 0 amide bonds. The summed E-state index contributed by atoms with van der Waals surface area (Å²) in [6.45, 7) is 0. The lowest BCUT2D eigenvalue weighted by Crippen LogP contribution is -1.92. The third-order valence-corrected chi connectivity index (χ3v) is 2.91. The van der Waals surface area contributed by atoms with E-state index in [1.165, 1.54) is 6.20 Å². The fourth-order valence-electron chi connectivity index (χ4n) is 1.14. The molecule has 0 aliphatic heterocycles. The topological polar surface area (TPSA) is 22.1 Å². The average Bonchev–Trinajstić information content (AvgIpc) is 2.28. The van der Waals surface area contributed by atoms with Gasteiger partial charge in [-0.1, -0.05) is 40.9 Å². The fourth-order valence-corrected chi connectivity index (χ4v) is 1.62. The van der Waals surface area contributed by atoms with Gasteiger partial charge in [0, 0.05) is 6.20 Å². The second kappa shape index (κ2) is 5.08. The monoisotopic (exact) mass is 291 g/mol. The van der Waals surface area contributed by atoms with Crippen LogP contribution < -0.4 is 4.74 Å². The van der Waals surface area contributed by atoms with Crippen LogP contribution in [0.3, 0.4) is 0 Å². The lowest BCUT2D eigenvalue weighted by molar-refractivity contribution is 0.423. The first-order valence-electron chi connectivity index (χ1n) is 4.51. The standard InChI is InChI=1S/C11H5Cl3FNO/c12-6-4-8(15)11(16-5-6)17-9-3-1-2-7(13)10(9)14/h1-5H. The number of ether oxygens (including phenoxy) is 1. The van der Waals surface area contributed by atoms with E-state index >= 15 is 0 Å². The van der Waals surface area contributed by atoms with Crippen LogP contribution in [0.25, 0.3) is 0 Å². The number of hydrogen-bond acceptors (Lipinski definition) is 2. The minimum Gasteiger partial charge on any atom is -0.435 e. The highest BCUT2D eigenvalue weighted by atomic mass is 35.5. The molecule has 1 heterocycles. The number of hydrogen-bond donors (Lipinski definition) is 0. The Balaban J connectivity index is 2.35. The third-order valence-electron chi connectivity index (χ3n) is 1.90. The summed E-state index contributed by atoms with van der Waals surface area (Å²) in [5.41, 5.74) is 0. The molecule has 0 radical (unpaired) electrons. The van der Waals surface area contributed by atoms with E-state index in [2.05, 4.69) is 4.98 Å². The van der Waals surface area contributed by atoms with E-state index < -0.39 is 5.82 Å². The first-order chi connectivity index (χ1) is 8.08. The number of aromatic nitrogens is 1. The highest BCUT2D eigenvalue weighted by molar-refractivity contribution is 6.42. The Kier molecular flexibility index (Phi) is 3.72. The maximum atomic E-state index is 13.4. The van der Waals surface area contributed by atoms with Gasteiger partial charge in [-0.15, -0.1) is 0 Å². The van der Waals surface area contributed by atoms with Crippen LogP contribution in [0.15, 0.2) is 30.5 Å². The normalized spacial score (nSPS) is 10.4. The first-order valence-corrected chi connectivity index (χ1v) is 5.64. The van der Waals surface area contributed by atoms with Crippen molar-refractivity contribution in [2.24, 2.45) is 0 Å². The average molecular weight is 293 g/mol. The van der Waals surface area contributed by atoms with Gasteiger partial charge in [-0.25, -0.2) is 9.37 Å². The molecule has 17 heavy (non-hydrogen) atoms. The molecule has 0 bridgehead atoms. The maximum Gasteiger partial charge on any atom is 0.256 e. The zero-order valence-electron chi connectivity index (χ0n) is 8.25. The van der Waals surface area contributed by atoms with Crippen molar-refractivity contribution in [2.45, 2.75) is 0 Å². The zero-order valence-corrected chi connectivity index (χ0v) is 10.5. The van der Waals surface area contributed by atoms with E-state index in [0.717, 1.165) is 6.07 Å². The summed E-state index contributed by atoms with van der Waals surface area (Å²) in [6.07, 6.45) is 1.28. The van der Waals surface area contributed by atoms with Crippen LogP contribution in [0.4, 0.5) is 4.39 Å². The highest BCUT2D eigenvalue weighted by Gasteiger charge is 2.11. The van der Waals surface area contributed by atoms with Crippen molar-refractivity contribution in [1.29, 1.82) is 0 Å². The summed E-state index contributed by atoms with van der Waals surface area (Å²) < 4.78 is 18.6. The first kappa shape index (κ1) is 12.4. The Morgan fingerprint density at radius 2 is 1.94 bits per heavy atom. The van der Waals surface area contributed by atoms with Gasteiger partial charge < -0.3 is 4.74 Å². The van der Waals surface area contributed by atoms with Gasteiger partial charge in [-0.05, 0) is 18.2 Å². The molecule has 0 N–H and O–H groups in total. The summed E-state index contributed by atoms with van der Waals surface area (Å²) >= 11 is 17.3. The van der Waals surface area contributed by atoms with Crippen molar-refractivity contribution in [3.05, 3.63) is 51.3 Å². The molecular weight excluding hydrogens is 287 g/mol. The Bertz CT molecular complexity index is 562. The molecule has 88 valence electrons. The molecule has 2 nitrogen and oxygen atoms in total. The van der Waals surface area contributed by atoms with Crippen molar-refractivity contribution >= 4 is 34.8 Å². The second-order valence-corrected chi connectivity index (χ2v) is 4.32. The van der Waals surface area contributed by atoms with E-state index in [1.807, 2.05) is 0 Å². The van der Waals surface area contributed by atoms with Crippen molar-refractivity contribution in [2.75, 3.05) is 0 Å². The molecule has 0 saturated heterocycles. The Labute approximate surface area is 112 Å². The fraction of sp³-hybridized carbons (Fsp3) is 0. The maximum absolute atomic E-state index is 13.4. The molecular formula is C11H5Cl3FNO. The quantitative estimate of drug-likeness (QED) is 0.779. The summed E-state index contributed by atoms with van der Waals surface area (Å²) in [4.78, 5) is 3.71. The summed E-state index contributed by atoms with van der Waals surface area (Å²) in [6, 6.07) is 5.89. The lowest BCUT2D eigenvalue weighted by atomic mass is 10.3. The van der Waals surface area contributed by atoms with E-state index in [-0.39, 0.29) is 21.7 Å².